The van der Waals surface area contributed by atoms with Crippen molar-refractivity contribution in [1.82, 2.24) is 0 Å². The van der Waals surface area contributed by atoms with E-state index in [9.17, 15) is 14.4 Å². The number of aryl methyl sites for hydroxylation is 1. The van der Waals surface area contributed by atoms with Crippen LogP contribution >= 0.6 is 0 Å². The third-order valence-electron chi connectivity index (χ3n) is 2.74. The highest BCUT2D eigenvalue weighted by Gasteiger charge is 2.31. The third kappa shape index (κ3) is 1.91. The second kappa shape index (κ2) is 4.01. The summed E-state index contributed by atoms with van der Waals surface area (Å²) >= 11 is 0. The van der Waals surface area contributed by atoms with Crippen LogP contribution in [0.15, 0.2) is 18.2 Å². The summed E-state index contributed by atoms with van der Waals surface area (Å²) in [4.78, 5) is 35.2. The van der Waals surface area contributed by atoms with Gasteiger partial charge in [-0.2, -0.15) is 0 Å². The van der Waals surface area contributed by atoms with Crippen molar-refractivity contribution in [3.63, 3.8) is 0 Å². The van der Waals surface area contributed by atoms with Crippen LogP contribution in [0.1, 0.15) is 22.3 Å². The number of carbonyl (C=O) groups is 3. The molecule has 2 rings (SSSR count). The predicted octanol–water partition coefficient (Wildman–Crippen LogP) is 0.999. The average molecular weight is 233 g/mol. The molecule has 0 spiro atoms. The van der Waals surface area contributed by atoms with E-state index in [2.05, 4.69) is 0 Å². The smallest absolute Gasteiger partial charge is 0.338 e. The van der Waals surface area contributed by atoms with Crippen molar-refractivity contribution < 1.29 is 19.5 Å². The number of carboxylic acids is 1. The number of anilines is 1. The molecule has 0 radical (unpaired) electrons. The summed E-state index contributed by atoms with van der Waals surface area (Å²) in [6.07, 6.45) is -0.146. The number of amides is 1. The second-order valence-corrected chi connectivity index (χ2v) is 3.97. The topological polar surface area (TPSA) is 74.7 Å². The Morgan fingerprint density at radius 2 is 2.06 bits per heavy atom. The molecule has 1 aromatic carbocycles. The number of benzene rings is 1. The van der Waals surface area contributed by atoms with Gasteiger partial charge in [0.25, 0.3) is 0 Å². The van der Waals surface area contributed by atoms with Crippen molar-refractivity contribution in [2.45, 2.75) is 13.3 Å². The van der Waals surface area contributed by atoms with Crippen LogP contribution < -0.4 is 4.90 Å². The molecule has 1 N–H and O–H groups in total. The number of nitrogens with zero attached hydrogens (tertiary/aromatic N) is 1. The highest BCUT2D eigenvalue weighted by atomic mass is 16.4. The number of ketones is 1. The highest BCUT2D eigenvalue weighted by Crippen LogP contribution is 2.26. The molecule has 1 aromatic rings. The van der Waals surface area contributed by atoms with E-state index in [1.165, 1.54) is 4.90 Å². The van der Waals surface area contributed by atoms with Crippen molar-refractivity contribution in [2.24, 2.45) is 0 Å². The zero-order valence-electron chi connectivity index (χ0n) is 9.27. The van der Waals surface area contributed by atoms with Crippen LogP contribution in [0.2, 0.25) is 0 Å². The van der Waals surface area contributed by atoms with Gasteiger partial charge in [-0.15, -0.1) is 0 Å². The lowest BCUT2D eigenvalue weighted by molar-refractivity contribution is -0.121. The second-order valence-electron chi connectivity index (χ2n) is 3.97. The summed E-state index contributed by atoms with van der Waals surface area (Å²) in [5, 5.41) is 9.14. The molecule has 0 atom stereocenters. The monoisotopic (exact) mass is 233 g/mol. The molecular formula is C12H11NO4. The molecule has 5 nitrogen and oxygen atoms in total. The lowest BCUT2D eigenvalue weighted by Crippen LogP contribution is -2.26. The van der Waals surface area contributed by atoms with Crippen molar-refractivity contribution in [3.8, 4) is 0 Å². The van der Waals surface area contributed by atoms with Crippen LogP contribution in [-0.4, -0.2) is 29.3 Å². The van der Waals surface area contributed by atoms with E-state index in [1.807, 2.05) is 0 Å². The minimum atomic E-state index is -1.09. The van der Waals surface area contributed by atoms with Gasteiger partial charge in [0.05, 0.1) is 24.2 Å². The maximum absolute atomic E-state index is 11.6. The summed E-state index contributed by atoms with van der Waals surface area (Å²) in [7, 11) is 0. The first-order valence-electron chi connectivity index (χ1n) is 5.15. The largest absolute Gasteiger partial charge is 0.478 e. The molecule has 5 heteroatoms. The Bertz CT molecular complexity index is 521. The number of hydrogen-bond acceptors (Lipinski definition) is 3. The van der Waals surface area contributed by atoms with E-state index in [4.69, 9.17) is 5.11 Å². The van der Waals surface area contributed by atoms with Gasteiger partial charge in [-0.05, 0) is 18.6 Å². The number of carbonyl (C=O) groups excluding carboxylic acids is 2. The van der Waals surface area contributed by atoms with Crippen LogP contribution in [-0.2, 0) is 9.59 Å². The maximum Gasteiger partial charge on any atom is 0.338 e. The Balaban J connectivity index is 2.52. The van der Waals surface area contributed by atoms with Gasteiger partial charge in [-0.1, -0.05) is 12.1 Å². The Kier molecular flexibility index (Phi) is 2.67. The summed E-state index contributed by atoms with van der Waals surface area (Å²) in [6.45, 7) is 1.62. The molecule has 1 saturated heterocycles. The minimum absolute atomic E-state index is 0.0391. The van der Waals surface area contributed by atoms with Crippen LogP contribution in [0.3, 0.4) is 0 Å². The number of hydrogen-bond donors (Lipinski definition) is 1. The van der Waals surface area contributed by atoms with Crippen molar-refractivity contribution >= 4 is 23.3 Å². The molecule has 1 amide bonds. The fraction of sp³-hybridized carbons (Fsp3) is 0.250. The van der Waals surface area contributed by atoms with E-state index in [0.717, 1.165) is 0 Å². The SMILES string of the molecule is Cc1cccc(N2CC(=O)CC2=O)c1C(=O)O. The molecule has 1 heterocycles. The van der Waals surface area contributed by atoms with Gasteiger partial charge in [0.15, 0.2) is 5.78 Å². The van der Waals surface area contributed by atoms with Crippen molar-refractivity contribution in [3.05, 3.63) is 29.3 Å². The van der Waals surface area contributed by atoms with E-state index < -0.39 is 5.97 Å². The molecule has 0 aromatic heterocycles. The molecule has 0 aliphatic carbocycles. The minimum Gasteiger partial charge on any atom is -0.478 e. The fourth-order valence-electron chi connectivity index (χ4n) is 1.96. The van der Waals surface area contributed by atoms with Crippen LogP contribution in [0.25, 0.3) is 0 Å². The fourth-order valence-corrected chi connectivity index (χ4v) is 1.96. The summed E-state index contributed by atoms with van der Waals surface area (Å²) in [6, 6.07) is 4.88. The van der Waals surface area contributed by atoms with E-state index >= 15 is 0 Å². The van der Waals surface area contributed by atoms with E-state index in [1.54, 1.807) is 25.1 Å². The molecule has 0 bridgehead atoms. The first-order chi connectivity index (χ1) is 8.00. The van der Waals surface area contributed by atoms with Gasteiger partial charge in [-0.3, -0.25) is 9.59 Å². The number of rotatable bonds is 2. The van der Waals surface area contributed by atoms with Crippen molar-refractivity contribution in [2.75, 3.05) is 11.4 Å². The molecule has 88 valence electrons. The first kappa shape index (κ1) is 11.3. The molecular weight excluding hydrogens is 222 g/mol. The molecule has 17 heavy (non-hydrogen) atoms. The Hall–Kier alpha value is -2.17. The third-order valence-corrected chi connectivity index (χ3v) is 2.74. The van der Waals surface area contributed by atoms with Gasteiger partial charge in [-0.25, -0.2) is 4.79 Å². The summed E-state index contributed by atoms with van der Waals surface area (Å²) in [5.74, 6) is -1.62. The molecule has 0 unspecified atom stereocenters. The quantitative estimate of drug-likeness (QED) is 0.773. The van der Waals surface area contributed by atoms with Crippen molar-refractivity contribution in [1.29, 1.82) is 0 Å². The standard InChI is InChI=1S/C12H11NO4/c1-7-3-2-4-9(11(7)12(16)17)13-6-8(14)5-10(13)15/h2-4H,5-6H2,1H3,(H,16,17). The normalized spacial score (nSPS) is 15.5. The number of carboxylic acid groups (broad SMARTS) is 1. The zero-order chi connectivity index (χ0) is 12.6. The van der Waals surface area contributed by atoms with Crippen LogP contribution in [0.5, 0.6) is 0 Å². The Morgan fingerprint density at radius 3 is 2.59 bits per heavy atom. The lowest BCUT2D eigenvalue weighted by atomic mass is 10.1. The number of Topliss-reactive ketones (excluding diaryl/α,β-unsaturated/α-hetero) is 1. The predicted molar refractivity (Wildman–Crippen MR) is 60.1 cm³/mol. The van der Waals surface area contributed by atoms with Gasteiger partial charge in [0.2, 0.25) is 5.91 Å². The zero-order valence-corrected chi connectivity index (χ0v) is 9.27. The summed E-state index contributed by atoms with van der Waals surface area (Å²) in [5.41, 5.74) is 0.950. The summed E-state index contributed by atoms with van der Waals surface area (Å²) < 4.78 is 0. The van der Waals surface area contributed by atoms with Gasteiger partial charge < -0.3 is 10.0 Å². The average Bonchev–Trinajstić information content (AvgIpc) is 2.56. The molecule has 1 aliphatic rings. The number of aromatic carboxylic acids is 1. The Morgan fingerprint density at radius 1 is 1.35 bits per heavy atom. The van der Waals surface area contributed by atoms with Gasteiger partial charge >= 0.3 is 5.97 Å². The van der Waals surface area contributed by atoms with Gasteiger partial charge in [0, 0.05) is 0 Å². The Labute approximate surface area is 97.7 Å². The highest BCUT2D eigenvalue weighted by molar-refractivity contribution is 6.16. The van der Waals surface area contributed by atoms with Crippen LogP contribution in [0, 0.1) is 6.92 Å². The molecule has 1 aliphatic heterocycles. The van der Waals surface area contributed by atoms with Gasteiger partial charge in [0.1, 0.15) is 0 Å². The lowest BCUT2D eigenvalue weighted by Gasteiger charge is -2.18. The molecule has 1 fully saturated rings. The maximum atomic E-state index is 11.6. The van der Waals surface area contributed by atoms with Crippen LogP contribution in [0.4, 0.5) is 5.69 Å². The molecule has 0 saturated carbocycles. The van der Waals surface area contributed by atoms with E-state index in [-0.39, 0.29) is 30.2 Å². The van der Waals surface area contributed by atoms with E-state index in [0.29, 0.717) is 11.3 Å². The first-order valence-corrected chi connectivity index (χ1v) is 5.15.